The van der Waals surface area contributed by atoms with Crippen molar-refractivity contribution >= 4 is 17.8 Å². The van der Waals surface area contributed by atoms with Gasteiger partial charge in [-0.3, -0.25) is 4.79 Å². The molecule has 0 saturated carbocycles. The van der Waals surface area contributed by atoms with E-state index in [0.29, 0.717) is 24.8 Å². The minimum Gasteiger partial charge on any atom is -0.480 e. The van der Waals surface area contributed by atoms with E-state index in [4.69, 9.17) is 14.6 Å². The van der Waals surface area contributed by atoms with Crippen LogP contribution in [0, 0.1) is 18.7 Å². The fourth-order valence-electron chi connectivity index (χ4n) is 2.95. The summed E-state index contributed by atoms with van der Waals surface area (Å²) in [7, 11) is 0. The number of carbonyl (C=O) groups is 3. The zero-order chi connectivity index (χ0) is 21.6. The highest BCUT2D eigenvalue weighted by Gasteiger charge is 2.40. The Hall–Kier alpha value is -2.52. The first-order chi connectivity index (χ1) is 13.6. The molecule has 1 amide bonds. The number of hydrogen-bond donors (Lipinski definition) is 3. The van der Waals surface area contributed by atoms with Crippen LogP contribution in [-0.2, 0) is 19.1 Å². The van der Waals surface area contributed by atoms with Crippen molar-refractivity contribution in [2.75, 3.05) is 13.2 Å². The zero-order valence-corrected chi connectivity index (χ0v) is 16.4. The van der Waals surface area contributed by atoms with E-state index in [9.17, 15) is 23.9 Å². The lowest BCUT2D eigenvalue weighted by Crippen LogP contribution is -2.47. The lowest BCUT2D eigenvalue weighted by molar-refractivity contribution is -0.271. The molecule has 1 aromatic carbocycles. The molecule has 1 aliphatic rings. The van der Waals surface area contributed by atoms with Gasteiger partial charge in [0.05, 0.1) is 13.2 Å². The predicted molar refractivity (Wildman–Crippen MR) is 99.9 cm³/mol. The molecular weight excluding hydrogens is 385 g/mol. The van der Waals surface area contributed by atoms with Gasteiger partial charge in [-0.25, -0.2) is 14.0 Å². The number of carboxylic acids is 2. The molecular formula is C20H26FNO7. The number of amides is 1. The molecule has 2 rings (SSSR count). The van der Waals surface area contributed by atoms with Crippen LogP contribution in [0.1, 0.15) is 48.5 Å². The van der Waals surface area contributed by atoms with Crippen molar-refractivity contribution in [3.05, 3.63) is 35.1 Å². The second kappa shape index (κ2) is 9.80. The zero-order valence-electron chi connectivity index (χ0n) is 16.4. The number of carbonyl (C=O) groups excluding carboxylic acids is 1. The number of carboxylic acid groups (broad SMARTS) is 2. The summed E-state index contributed by atoms with van der Waals surface area (Å²) in [5.74, 6) is -5.10. The third-order valence-electron chi connectivity index (χ3n) is 4.97. The fraction of sp³-hybridized carbons (Fsp3) is 0.550. The third kappa shape index (κ3) is 6.23. The standard InChI is InChI=1S/C20H26FNO7/c1-12-7-8-14(9-15(12)21)17(23)22-16(18(24)25)6-4-3-5-13-10-28-20(2,19(26)27)29-11-13/h7-9,13,16H,3-6,10-11H2,1-2H3,(H,22,23)(H,24,25)(H,26,27)/t13-,16?,20+. The summed E-state index contributed by atoms with van der Waals surface area (Å²) in [4.78, 5) is 34.7. The number of ether oxygens (including phenoxy) is 2. The van der Waals surface area contributed by atoms with E-state index in [1.165, 1.54) is 19.1 Å². The summed E-state index contributed by atoms with van der Waals surface area (Å²) in [6, 6.07) is 2.91. The Morgan fingerprint density at radius 1 is 1.24 bits per heavy atom. The van der Waals surface area contributed by atoms with Crippen molar-refractivity contribution < 1.29 is 38.5 Å². The summed E-state index contributed by atoms with van der Waals surface area (Å²) in [5.41, 5.74) is 0.466. The number of unbranched alkanes of at least 4 members (excludes halogenated alkanes) is 1. The van der Waals surface area contributed by atoms with Crippen LogP contribution in [0.5, 0.6) is 0 Å². The van der Waals surface area contributed by atoms with Crippen LogP contribution in [0.15, 0.2) is 18.2 Å². The summed E-state index contributed by atoms with van der Waals surface area (Å²) in [5, 5.41) is 20.8. The van der Waals surface area contributed by atoms with E-state index in [2.05, 4.69) is 5.32 Å². The molecule has 1 fully saturated rings. The second-order valence-corrected chi connectivity index (χ2v) is 7.35. The van der Waals surface area contributed by atoms with E-state index in [0.717, 1.165) is 6.07 Å². The maximum absolute atomic E-state index is 13.6. The Morgan fingerprint density at radius 2 is 1.90 bits per heavy atom. The minimum absolute atomic E-state index is 0.0239. The normalized spacial score (nSPS) is 22.7. The van der Waals surface area contributed by atoms with Gasteiger partial charge in [0, 0.05) is 18.4 Å². The number of halogens is 1. The van der Waals surface area contributed by atoms with E-state index < -0.39 is 35.5 Å². The molecule has 1 aliphatic heterocycles. The van der Waals surface area contributed by atoms with E-state index in [1.54, 1.807) is 6.92 Å². The van der Waals surface area contributed by atoms with Gasteiger partial charge >= 0.3 is 11.9 Å². The molecule has 160 valence electrons. The molecule has 0 spiro atoms. The molecule has 29 heavy (non-hydrogen) atoms. The van der Waals surface area contributed by atoms with Gasteiger partial charge in [0.1, 0.15) is 11.9 Å². The molecule has 0 aliphatic carbocycles. The Bertz CT molecular complexity index is 759. The molecule has 1 aromatic rings. The molecule has 9 heteroatoms. The van der Waals surface area contributed by atoms with Crippen LogP contribution < -0.4 is 5.32 Å². The molecule has 0 bridgehead atoms. The van der Waals surface area contributed by atoms with Gasteiger partial charge in [-0.05, 0) is 37.5 Å². The van der Waals surface area contributed by atoms with Crippen molar-refractivity contribution in [1.29, 1.82) is 0 Å². The number of hydrogen-bond acceptors (Lipinski definition) is 5. The van der Waals surface area contributed by atoms with Crippen molar-refractivity contribution in [1.82, 2.24) is 5.32 Å². The lowest BCUT2D eigenvalue weighted by Gasteiger charge is -2.34. The third-order valence-corrected chi connectivity index (χ3v) is 4.97. The Labute approximate surface area is 168 Å². The quantitative estimate of drug-likeness (QED) is 0.533. The van der Waals surface area contributed by atoms with Crippen molar-refractivity contribution in [3.63, 3.8) is 0 Å². The fourth-order valence-corrected chi connectivity index (χ4v) is 2.95. The first kappa shape index (κ1) is 22.8. The van der Waals surface area contributed by atoms with Crippen LogP contribution in [-0.4, -0.2) is 53.1 Å². The molecule has 3 N–H and O–H groups in total. The number of rotatable bonds is 9. The summed E-state index contributed by atoms with van der Waals surface area (Å²) < 4.78 is 24.1. The van der Waals surface area contributed by atoms with Crippen molar-refractivity contribution in [2.45, 2.75) is 51.4 Å². The van der Waals surface area contributed by atoms with Crippen LogP contribution in [0.2, 0.25) is 0 Å². The second-order valence-electron chi connectivity index (χ2n) is 7.35. The molecule has 1 saturated heterocycles. The monoisotopic (exact) mass is 411 g/mol. The van der Waals surface area contributed by atoms with Gasteiger partial charge in [-0.2, -0.15) is 0 Å². The Morgan fingerprint density at radius 3 is 2.45 bits per heavy atom. The van der Waals surface area contributed by atoms with Gasteiger partial charge < -0.3 is 25.0 Å². The van der Waals surface area contributed by atoms with Gasteiger partial charge in [-0.15, -0.1) is 0 Å². The first-order valence-electron chi connectivity index (χ1n) is 9.43. The highest BCUT2D eigenvalue weighted by atomic mass is 19.1. The topological polar surface area (TPSA) is 122 Å². The Kier molecular flexibility index (Phi) is 7.69. The minimum atomic E-state index is -1.62. The molecule has 0 aromatic heterocycles. The van der Waals surface area contributed by atoms with Crippen LogP contribution >= 0.6 is 0 Å². The molecule has 1 heterocycles. The maximum Gasteiger partial charge on any atom is 0.364 e. The van der Waals surface area contributed by atoms with Crippen LogP contribution in [0.3, 0.4) is 0 Å². The Balaban J connectivity index is 1.77. The van der Waals surface area contributed by atoms with Crippen LogP contribution in [0.4, 0.5) is 4.39 Å². The molecule has 0 radical (unpaired) electrons. The first-order valence-corrected chi connectivity index (χ1v) is 9.43. The van der Waals surface area contributed by atoms with Gasteiger partial charge in [0.15, 0.2) is 0 Å². The highest BCUT2D eigenvalue weighted by Crippen LogP contribution is 2.24. The molecule has 1 atom stereocenters. The largest absolute Gasteiger partial charge is 0.480 e. The van der Waals surface area contributed by atoms with E-state index in [1.807, 2.05) is 0 Å². The highest BCUT2D eigenvalue weighted by molar-refractivity contribution is 5.96. The van der Waals surface area contributed by atoms with Crippen LogP contribution in [0.25, 0.3) is 0 Å². The average molecular weight is 411 g/mol. The number of aryl methyl sites for hydroxylation is 1. The summed E-state index contributed by atoms with van der Waals surface area (Å²) in [6.45, 7) is 3.43. The van der Waals surface area contributed by atoms with Gasteiger partial charge in [0.2, 0.25) is 0 Å². The van der Waals surface area contributed by atoms with Crippen molar-refractivity contribution in [2.24, 2.45) is 5.92 Å². The lowest BCUT2D eigenvalue weighted by atomic mass is 9.99. The molecule has 1 unspecified atom stereocenters. The maximum atomic E-state index is 13.6. The summed E-state index contributed by atoms with van der Waals surface area (Å²) in [6.07, 6.45) is 2.10. The van der Waals surface area contributed by atoms with E-state index >= 15 is 0 Å². The SMILES string of the molecule is Cc1ccc(C(=O)NC(CCCC[C@H]2CO[C@@](C)(C(=O)O)OC2)C(=O)O)cc1F. The van der Waals surface area contributed by atoms with Crippen molar-refractivity contribution in [3.8, 4) is 0 Å². The smallest absolute Gasteiger partial charge is 0.364 e. The number of benzene rings is 1. The molecule has 8 nitrogen and oxygen atoms in total. The van der Waals surface area contributed by atoms with E-state index in [-0.39, 0.29) is 31.1 Å². The number of aliphatic carboxylic acids is 2. The van der Waals surface area contributed by atoms with Gasteiger partial charge in [-0.1, -0.05) is 18.9 Å². The average Bonchev–Trinajstić information content (AvgIpc) is 2.67. The number of nitrogens with one attached hydrogen (secondary N) is 1. The summed E-state index contributed by atoms with van der Waals surface area (Å²) >= 11 is 0. The van der Waals surface area contributed by atoms with Gasteiger partial charge in [0.25, 0.3) is 11.7 Å². The predicted octanol–water partition coefficient (Wildman–Crippen LogP) is 2.34.